The number of halogens is 2. The smallest absolute Gasteiger partial charge is 0.227 e. The summed E-state index contributed by atoms with van der Waals surface area (Å²) in [7, 11) is 1.62. The predicted molar refractivity (Wildman–Crippen MR) is 95.4 cm³/mol. The van der Waals surface area contributed by atoms with Crippen LogP contribution in [0.1, 0.15) is 17.7 Å². The van der Waals surface area contributed by atoms with E-state index in [-0.39, 0.29) is 17.5 Å². The SMILES string of the molecule is COc1ccc2[nH]c3c(c2c1)CC(C(=O)Nc1ccc(F)c(F)c1)CC3. The van der Waals surface area contributed by atoms with Gasteiger partial charge >= 0.3 is 0 Å². The molecule has 26 heavy (non-hydrogen) atoms. The van der Waals surface area contributed by atoms with Gasteiger partial charge in [-0.05, 0) is 55.2 Å². The minimum atomic E-state index is -0.975. The van der Waals surface area contributed by atoms with Gasteiger partial charge in [-0.25, -0.2) is 8.78 Å². The highest BCUT2D eigenvalue weighted by molar-refractivity contribution is 5.94. The number of rotatable bonds is 3. The van der Waals surface area contributed by atoms with Crippen molar-refractivity contribution in [2.45, 2.75) is 19.3 Å². The molecule has 1 amide bonds. The number of ether oxygens (including phenoxy) is 1. The molecule has 0 saturated carbocycles. The predicted octanol–water partition coefficient (Wildman–Crippen LogP) is 4.20. The van der Waals surface area contributed by atoms with E-state index in [4.69, 9.17) is 4.74 Å². The molecular weight excluding hydrogens is 338 g/mol. The summed E-state index contributed by atoms with van der Waals surface area (Å²) in [5, 5.41) is 3.75. The number of aromatic amines is 1. The number of anilines is 1. The average Bonchev–Trinajstić information content (AvgIpc) is 3.01. The van der Waals surface area contributed by atoms with E-state index in [0.717, 1.165) is 46.5 Å². The fraction of sp³-hybridized carbons (Fsp3) is 0.250. The number of benzene rings is 2. The number of aryl methyl sites for hydroxylation is 1. The summed E-state index contributed by atoms with van der Waals surface area (Å²) in [5.74, 6) is -1.54. The fourth-order valence-corrected chi connectivity index (χ4v) is 3.57. The van der Waals surface area contributed by atoms with Gasteiger partial charge in [0.15, 0.2) is 11.6 Å². The molecule has 6 heteroatoms. The number of fused-ring (bicyclic) bond motifs is 3. The second-order valence-corrected chi connectivity index (χ2v) is 6.55. The van der Waals surface area contributed by atoms with E-state index in [1.807, 2.05) is 18.2 Å². The van der Waals surface area contributed by atoms with E-state index in [1.165, 1.54) is 6.07 Å². The van der Waals surface area contributed by atoms with Crippen LogP contribution in [0.4, 0.5) is 14.5 Å². The van der Waals surface area contributed by atoms with Crippen LogP contribution in [-0.2, 0) is 17.6 Å². The van der Waals surface area contributed by atoms with Crippen LogP contribution in [0.3, 0.4) is 0 Å². The third kappa shape index (κ3) is 2.92. The van der Waals surface area contributed by atoms with Gasteiger partial charge < -0.3 is 15.0 Å². The highest BCUT2D eigenvalue weighted by atomic mass is 19.2. The fourth-order valence-electron chi connectivity index (χ4n) is 3.57. The van der Waals surface area contributed by atoms with E-state index in [0.29, 0.717) is 12.8 Å². The van der Waals surface area contributed by atoms with Crippen LogP contribution >= 0.6 is 0 Å². The number of methoxy groups -OCH3 is 1. The molecule has 1 aromatic heterocycles. The number of hydrogen-bond acceptors (Lipinski definition) is 2. The first-order valence-electron chi connectivity index (χ1n) is 8.48. The zero-order valence-corrected chi connectivity index (χ0v) is 14.2. The monoisotopic (exact) mass is 356 g/mol. The Morgan fingerprint density at radius 2 is 2.04 bits per heavy atom. The van der Waals surface area contributed by atoms with Gasteiger partial charge in [0.05, 0.1) is 7.11 Å². The molecule has 0 radical (unpaired) electrons. The van der Waals surface area contributed by atoms with Gasteiger partial charge in [-0.2, -0.15) is 0 Å². The molecular formula is C20H18F2N2O2. The molecule has 2 aromatic carbocycles. The van der Waals surface area contributed by atoms with Crippen molar-refractivity contribution in [3.05, 3.63) is 59.3 Å². The van der Waals surface area contributed by atoms with Crippen molar-refractivity contribution in [2.75, 3.05) is 12.4 Å². The number of carbonyl (C=O) groups is 1. The molecule has 0 aliphatic heterocycles. The van der Waals surface area contributed by atoms with Crippen molar-refractivity contribution >= 4 is 22.5 Å². The molecule has 1 atom stereocenters. The Kier molecular flexibility index (Phi) is 4.11. The lowest BCUT2D eigenvalue weighted by Crippen LogP contribution is -2.28. The van der Waals surface area contributed by atoms with Crippen LogP contribution in [0.5, 0.6) is 5.75 Å². The summed E-state index contributed by atoms with van der Waals surface area (Å²) in [6.45, 7) is 0. The van der Waals surface area contributed by atoms with Crippen LogP contribution < -0.4 is 10.1 Å². The third-order valence-electron chi connectivity index (χ3n) is 4.95. The van der Waals surface area contributed by atoms with E-state index in [9.17, 15) is 13.6 Å². The van der Waals surface area contributed by atoms with E-state index < -0.39 is 11.6 Å². The first-order chi connectivity index (χ1) is 12.5. The number of carbonyl (C=O) groups excluding carboxylic acids is 1. The molecule has 0 spiro atoms. The molecule has 4 nitrogen and oxygen atoms in total. The molecule has 2 N–H and O–H groups in total. The van der Waals surface area contributed by atoms with Gasteiger partial charge in [0.25, 0.3) is 0 Å². The Hall–Kier alpha value is -2.89. The Labute approximate surface area is 149 Å². The van der Waals surface area contributed by atoms with Crippen molar-refractivity contribution in [1.29, 1.82) is 0 Å². The average molecular weight is 356 g/mol. The molecule has 1 aliphatic rings. The van der Waals surface area contributed by atoms with Gasteiger partial charge in [-0.1, -0.05) is 0 Å². The Balaban J connectivity index is 1.57. The summed E-state index contributed by atoms with van der Waals surface area (Å²) in [6.07, 6.45) is 2.06. The molecule has 0 fully saturated rings. The van der Waals surface area contributed by atoms with Crippen LogP contribution in [0.15, 0.2) is 36.4 Å². The Bertz CT molecular complexity index is 997. The number of nitrogens with one attached hydrogen (secondary N) is 2. The Morgan fingerprint density at radius 3 is 2.81 bits per heavy atom. The van der Waals surface area contributed by atoms with Crippen LogP contribution in [0.2, 0.25) is 0 Å². The largest absolute Gasteiger partial charge is 0.497 e. The van der Waals surface area contributed by atoms with Gasteiger partial charge in [0.1, 0.15) is 5.75 Å². The highest BCUT2D eigenvalue weighted by Gasteiger charge is 2.27. The molecule has 1 heterocycles. The maximum atomic E-state index is 13.3. The summed E-state index contributed by atoms with van der Waals surface area (Å²) in [6, 6.07) is 9.22. The maximum Gasteiger partial charge on any atom is 0.227 e. The van der Waals surface area contributed by atoms with E-state index >= 15 is 0 Å². The van der Waals surface area contributed by atoms with Crippen molar-refractivity contribution in [2.24, 2.45) is 5.92 Å². The molecule has 134 valence electrons. The minimum absolute atomic E-state index is 0.182. The second kappa shape index (κ2) is 6.44. The quantitative estimate of drug-likeness (QED) is 0.739. The van der Waals surface area contributed by atoms with Crippen LogP contribution in [0.25, 0.3) is 10.9 Å². The normalized spacial score (nSPS) is 16.3. The number of amides is 1. The van der Waals surface area contributed by atoms with Crippen LogP contribution in [-0.4, -0.2) is 18.0 Å². The number of H-pyrrole nitrogens is 1. The molecule has 0 saturated heterocycles. The summed E-state index contributed by atoms with van der Waals surface area (Å²) < 4.78 is 31.7. The molecule has 4 rings (SSSR count). The minimum Gasteiger partial charge on any atom is -0.497 e. The lowest BCUT2D eigenvalue weighted by atomic mass is 9.85. The van der Waals surface area contributed by atoms with Crippen molar-refractivity contribution in [3.8, 4) is 5.75 Å². The highest BCUT2D eigenvalue weighted by Crippen LogP contribution is 2.34. The lowest BCUT2D eigenvalue weighted by molar-refractivity contribution is -0.120. The van der Waals surface area contributed by atoms with Gasteiger partial charge in [0.2, 0.25) is 5.91 Å². The lowest BCUT2D eigenvalue weighted by Gasteiger charge is -2.22. The summed E-state index contributed by atoms with van der Waals surface area (Å²) in [4.78, 5) is 16.0. The van der Waals surface area contributed by atoms with Crippen molar-refractivity contribution in [1.82, 2.24) is 4.98 Å². The standard InChI is InChI=1S/C20H18F2N2O2/c1-26-13-4-7-19-15(10-13)14-8-11(2-6-18(14)24-19)20(25)23-12-3-5-16(21)17(22)9-12/h3-5,7,9-11,24H,2,6,8H2,1H3,(H,23,25). The number of hydrogen-bond donors (Lipinski definition) is 2. The first-order valence-corrected chi connectivity index (χ1v) is 8.48. The van der Waals surface area contributed by atoms with Gasteiger partial charge in [-0.3, -0.25) is 4.79 Å². The maximum absolute atomic E-state index is 13.3. The topological polar surface area (TPSA) is 54.1 Å². The molecule has 1 unspecified atom stereocenters. The summed E-state index contributed by atoms with van der Waals surface area (Å²) in [5.41, 5.74) is 3.55. The van der Waals surface area contributed by atoms with Crippen molar-refractivity contribution in [3.63, 3.8) is 0 Å². The molecule has 3 aromatic rings. The van der Waals surface area contributed by atoms with E-state index in [2.05, 4.69) is 10.3 Å². The number of aromatic nitrogens is 1. The van der Waals surface area contributed by atoms with Gasteiger partial charge in [-0.15, -0.1) is 0 Å². The first kappa shape index (κ1) is 16.6. The second-order valence-electron chi connectivity index (χ2n) is 6.55. The van der Waals surface area contributed by atoms with Gasteiger partial charge in [0, 0.05) is 34.3 Å². The molecule has 1 aliphatic carbocycles. The van der Waals surface area contributed by atoms with Crippen molar-refractivity contribution < 1.29 is 18.3 Å². The zero-order valence-electron chi connectivity index (χ0n) is 14.2. The third-order valence-corrected chi connectivity index (χ3v) is 4.95. The van der Waals surface area contributed by atoms with Crippen LogP contribution in [0, 0.1) is 17.6 Å². The molecule has 0 bridgehead atoms. The summed E-state index contributed by atoms with van der Waals surface area (Å²) >= 11 is 0. The zero-order chi connectivity index (χ0) is 18.3. The van der Waals surface area contributed by atoms with E-state index in [1.54, 1.807) is 7.11 Å². The Morgan fingerprint density at radius 1 is 1.19 bits per heavy atom.